The van der Waals surface area contributed by atoms with Gasteiger partial charge in [0.15, 0.2) is 0 Å². The molecule has 4 aromatic carbocycles. The molecule has 8 nitrogen and oxygen atoms in total. The van der Waals surface area contributed by atoms with Crippen LogP contribution in [0.1, 0.15) is 250 Å². The summed E-state index contributed by atoms with van der Waals surface area (Å²) in [5.41, 5.74) is 6.69. The van der Waals surface area contributed by atoms with Crippen LogP contribution in [-0.4, -0.2) is 48.9 Å². The summed E-state index contributed by atoms with van der Waals surface area (Å²) in [5.74, 6) is 1.64. The van der Waals surface area contributed by atoms with Crippen molar-refractivity contribution in [2.45, 2.75) is 205 Å². The van der Waals surface area contributed by atoms with Crippen molar-refractivity contribution in [2.24, 2.45) is 0 Å². The van der Waals surface area contributed by atoms with Crippen molar-refractivity contribution in [3.63, 3.8) is 0 Å². The van der Waals surface area contributed by atoms with Crippen LogP contribution in [0, 0.1) is 0 Å². The van der Waals surface area contributed by atoms with Gasteiger partial charge in [0, 0.05) is 92.4 Å². The molecule has 0 saturated carbocycles. The Morgan fingerprint density at radius 3 is 0.647 bits per heavy atom. The number of phenols is 4. The molecule has 4 aromatic rings. The van der Waals surface area contributed by atoms with Gasteiger partial charge in [-0.05, 0) is 49.9 Å². The molecule has 376 valence electrons. The average molecular weight is 937 g/mol. The van der Waals surface area contributed by atoms with E-state index in [0.29, 0.717) is 23.0 Å². The zero-order valence-corrected chi connectivity index (χ0v) is 43.3. The highest BCUT2D eigenvalue weighted by atomic mass is 16.5. The predicted octanol–water partition coefficient (Wildman–Crippen LogP) is 16.8. The van der Waals surface area contributed by atoms with Crippen LogP contribution >= 0.6 is 0 Å². The maximum absolute atomic E-state index is 12.3. The first-order valence-corrected chi connectivity index (χ1v) is 26.7. The van der Waals surface area contributed by atoms with E-state index in [2.05, 4.69) is 52.0 Å². The fourth-order valence-electron chi connectivity index (χ4n) is 11.0. The number of hydrogen-bond donors (Lipinski definition) is 4. The Morgan fingerprint density at radius 2 is 0.471 bits per heavy atom. The summed E-state index contributed by atoms with van der Waals surface area (Å²) < 4.78 is 24.8. The first-order valence-electron chi connectivity index (χ1n) is 26.7. The van der Waals surface area contributed by atoms with Gasteiger partial charge in [0.2, 0.25) is 0 Å². The van der Waals surface area contributed by atoms with E-state index in [1.807, 2.05) is 0 Å². The highest BCUT2D eigenvalue weighted by molar-refractivity contribution is 5.62. The molecule has 5 rings (SSSR count). The monoisotopic (exact) mass is 937 g/mol. The largest absolute Gasteiger partial charge is 0.508 e. The second kappa shape index (κ2) is 28.1. The molecule has 1 aliphatic rings. The molecule has 0 aliphatic heterocycles. The van der Waals surface area contributed by atoms with Crippen molar-refractivity contribution in [1.82, 2.24) is 0 Å². The summed E-state index contributed by atoms with van der Waals surface area (Å²) in [6, 6.07) is 15.6. The van der Waals surface area contributed by atoms with Gasteiger partial charge < -0.3 is 39.4 Å². The van der Waals surface area contributed by atoms with Gasteiger partial charge >= 0.3 is 0 Å². The molecule has 0 radical (unpaired) electrons. The van der Waals surface area contributed by atoms with Crippen LogP contribution in [0.5, 0.6) is 46.0 Å². The normalized spacial score (nSPS) is 16.7. The SMILES string of the molecule is CCCCCCC[C@@H]1c2cc(c(OC)cc2O)[C@H](CCCCCCC)c2cc(c(OC)cc2O)[C@H](CCCCCCC)c2cc(c(OC)cc2O)[C@H](CCCCCCC)c2cc1c(OC)cc2O. The highest BCUT2D eigenvalue weighted by Crippen LogP contribution is 2.53. The molecule has 0 saturated heterocycles. The summed E-state index contributed by atoms with van der Waals surface area (Å²) in [6.07, 6.45) is 24.7. The van der Waals surface area contributed by atoms with E-state index < -0.39 is 0 Å². The van der Waals surface area contributed by atoms with Crippen LogP contribution in [0.4, 0.5) is 0 Å². The third-order valence-corrected chi connectivity index (χ3v) is 14.9. The van der Waals surface area contributed by atoms with Gasteiger partial charge in [0.25, 0.3) is 0 Å². The van der Waals surface area contributed by atoms with Crippen molar-refractivity contribution in [3.05, 3.63) is 93.0 Å². The molecule has 0 spiro atoms. The zero-order chi connectivity index (χ0) is 49.0. The summed E-state index contributed by atoms with van der Waals surface area (Å²) in [4.78, 5) is 0. The van der Waals surface area contributed by atoms with Crippen molar-refractivity contribution in [1.29, 1.82) is 0 Å². The Bertz CT molecular complexity index is 1840. The smallest absolute Gasteiger partial charge is 0.126 e. The average Bonchev–Trinajstić information content (AvgIpc) is 3.34. The third-order valence-electron chi connectivity index (χ3n) is 14.9. The molecule has 1 aliphatic carbocycles. The van der Waals surface area contributed by atoms with Gasteiger partial charge in [-0.25, -0.2) is 0 Å². The van der Waals surface area contributed by atoms with E-state index in [9.17, 15) is 20.4 Å². The number of unbranched alkanes of at least 4 members (excludes halogenated alkanes) is 16. The molecule has 4 atom stereocenters. The van der Waals surface area contributed by atoms with Crippen molar-refractivity contribution < 1.29 is 39.4 Å². The fraction of sp³-hybridized carbons (Fsp3) is 0.600. The molecule has 8 heteroatoms. The maximum Gasteiger partial charge on any atom is 0.126 e. The molecule has 0 heterocycles. The summed E-state index contributed by atoms with van der Waals surface area (Å²) in [6.45, 7) is 8.91. The Balaban J connectivity index is 1.93. The molecule has 8 bridgehead atoms. The minimum absolute atomic E-state index is 0.142. The first-order chi connectivity index (χ1) is 33.1. The quantitative estimate of drug-likeness (QED) is 0.0416. The molecule has 0 amide bonds. The van der Waals surface area contributed by atoms with Gasteiger partial charge in [-0.1, -0.05) is 156 Å². The molecule has 0 fully saturated rings. The number of hydrogen-bond acceptors (Lipinski definition) is 8. The van der Waals surface area contributed by atoms with Crippen LogP contribution < -0.4 is 18.9 Å². The number of aromatic hydroxyl groups is 4. The van der Waals surface area contributed by atoms with E-state index in [0.717, 1.165) is 173 Å². The second-order valence-electron chi connectivity index (χ2n) is 19.6. The fourth-order valence-corrected chi connectivity index (χ4v) is 11.0. The lowest BCUT2D eigenvalue weighted by molar-refractivity contribution is 0.386. The lowest BCUT2D eigenvalue weighted by atomic mass is 9.76. The minimum atomic E-state index is -0.298. The molecule has 0 aromatic heterocycles. The van der Waals surface area contributed by atoms with E-state index in [1.165, 1.54) is 25.7 Å². The molecule has 68 heavy (non-hydrogen) atoms. The standard InChI is InChI=1S/C60H88O8/c1-9-13-17-21-25-29-41-45-33-50(58(66-6)37-53(45)61)43(31-27-23-19-15-11-3)47-35-52(60(68-8)39-55(47)63)44(32-28-24-20-16-12-4)48-36-51(59(67-7)40-56(48)64)42(30-26-22-18-14-10-2)46-34-49(41)57(65-5)38-54(46)62/h33-44,61-64H,9-32H2,1-8H3/t41-,42-,43-,44-/m1/s1. The van der Waals surface area contributed by atoms with Crippen molar-refractivity contribution >= 4 is 0 Å². The second-order valence-corrected chi connectivity index (χ2v) is 19.6. The van der Waals surface area contributed by atoms with Crippen LogP contribution in [0.25, 0.3) is 0 Å². The Kier molecular flexibility index (Phi) is 22.4. The summed E-state index contributed by atoms with van der Waals surface area (Å²) in [7, 11) is 6.62. The number of phenolic OH excluding ortho intramolecular Hbond substituents is 4. The van der Waals surface area contributed by atoms with Gasteiger partial charge in [-0.15, -0.1) is 0 Å². The zero-order valence-electron chi connectivity index (χ0n) is 43.3. The number of benzene rings is 4. The third kappa shape index (κ3) is 13.7. The van der Waals surface area contributed by atoms with Crippen molar-refractivity contribution in [3.8, 4) is 46.0 Å². The lowest BCUT2D eigenvalue weighted by Gasteiger charge is -2.30. The van der Waals surface area contributed by atoms with E-state index in [1.54, 1.807) is 52.7 Å². The van der Waals surface area contributed by atoms with Gasteiger partial charge in [-0.2, -0.15) is 0 Å². The van der Waals surface area contributed by atoms with E-state index in [-0.39, 0.29) is 46.7 Å². The van der Waals surface area contributed by atoms with E-state index >= 15 is 0 Å². The van der Waals surface area contributed by atoms with Crippen LogP contribution in [-0.2, 0) is 0 Å². The first kappa shape index (κ1) is 54.2. The van der Waals surface area contributed by atoms with Crippen molar-refractivity contribution in [2.75, 3.05) is 28.4 Å². The molecular formula is C60H88O8. The van der Waals surface area contributed by atoms with Gasteiger partial charge in [-0.3, -0.25) is 0 Å². The van der Waals surface area contributed by atoms with Crippen LogP contribution in [0.3, 0.4) is 0 Å². The Labute approximate surface area is 410 Å². The van der Waals surface area contributed by atoms with Crippen LogP contribution in [0.15, 0.2) is 48.5 Å². The Morgan fingerprint density at radius 1 is 0.279 bits per heavy atom. The Hall–Kier alpha value is -4.72. The van der Waals surface area contributed by atoms with E-state index in [4.69, 9.17) is 18.9 Å². The predicted molar refractivity (Wildman–Crippen MR) is 280 cm³/mol. The number of methoxy groups -OCH3 is 4. The van der Waals surface area contributed by atoms with Crippen LogP contribution in [0.2, 0.25) is 0 Å². The minimum Gasteiger partial charge on any atom is -0.508 e. The number of rotatable bonds is 28. The van der Waals surface area contributed by atoms with Gasteiger partial charge in [0.05, 0.1) is 28.4 Å². The molecular weight excluding hydrogens is 849 g/mol. The highest BCUT2D eigenvalue weighted by Gasteiger charge is 2.34. The summed E-state index contributed by atoms with van der Waals surface area (Å²) in [5, 5.41) is 49.1. The topological polar surface area (TPSA) is 118 Å². The maximum atomic E-state index is 12.3. The molecule has 0 unspecified atom stereocenters. The lowest BCUT2D eigenvalue weighted by Crippen LogP contribution is -2.13. The molecule has 4 N–H and O–H groups in total. The number of fused-ring (bicyclic) bond motifs is 8. The summed E-state index contributed by atoms with van der Waals surface area (Å²) >= 11 is 0. The number of ether oxygens (including phenoxy) is 4. The van der Waals surface area contributed by atoms with Gasteiger partial charge in [0.1, 0.15) is 46.0 Å².